The third-order valence-electron chi connectivity index (χ3n) is 4.46. The number of amides is 1. The first kappa shape index (κ1) is 17.4. The molecule has 3 N–H and O–H groups in total. The number of anilines is 2. The average molecular weight is 384 g/mol. The maximum absolute atomic E-state index is 11.7. The molecule has 1 aromatic carbocycles. The lowest BCUT2D eigenvalue weighted by molar-refractivity contribution is 0.100. The molecule has 27 heavy (non-hydrogen) atoms. The van der Waals surface area contributed by atoms with Crippen LogP contribution in [-0.4, -0.2) is 27.8 Å². The van der Waals surface area contributed by atoms with Crippen molar-refractivity contribution < 1.29 is 9.53 Å². The number of rotatable bonds is 6. The summed E-state index contributed by atoms with van der Waals surface area (Å²) in [7, 11) is 1.60. The van der Waals surface area contributed by atoms with Crippen molar-refractivity contribution in [2.24, 2.45) is 5.73 Å². The van der Waals surface area contributed by atoms with Crippen LogP contribution >= 0.6 is 11.6 Å². The van der Waals surface area contributed by atoms with Gasteiger partial charge in [0.25, 0.3) is 5.91 Å². The van der Waals surface area contributed by atoms with Crippen LogP contribution in [0.3, 0.4) is 0 Å². The Morgan fingerprint density at radius 3 is 2.85 bits per heavy atom. The Bertz CT molecular complexity index is 1010. The lowest BCUT2D eigenvalue weighted by atomic mass is 10.1. The van der Waals surface area contributed by atoms with Gasteiger partial charge in [0.1, 0.15) is 10.9 Å². The summed E-state index contributed by atoms with van der Waals surface area (Å²) in [5, 5.41) is 7.89. The molecule has 1 saturated carbocycles. The average Bonchev–Trinajstić information content (AvgIpc) is 3.38. The first-order chi connectivity index (χ1) is 13.1. The Labute approximate surface area is 161 Å². The van der Waals surface area contributed by atoms with Crippen LogP contribution in [0, 0.1) is 0 Å². The Kier molecular flexibility index (Phi) is 4.45. The third kappa shape index (κ3) is 3.46. The Morgan fingerprint density at radius 2 is 2.15 bits per heavy atom. The molecule has 2 heterocycles. The number of ether oxygens (including phenoxy) is 1. The molecule has 0 saturated heterocycles. The number of nitrogens with zero attached hydrogens (tertiary/aromatic N) is 3. The van der Waals surface area contributed by atoms with Gasteiger partial charge in [-0.25, -0.2) is 4.98 Å². The van der Waals surface area contributed by atoms with Crippen molar-refractivity contribution in [3.8, 4) is 16.9 Å². The predicted molar refractivity (Wildman–Crippen MR) is 104 cm³/mol. The normalized spacial score (nSPS) is 13.4. The zero-order valence-electron chi connectivity index (χ0n) is 14.6. The van der Waals surface area contributed by atoms with Gasteiger partial charge in [-0.1, -0.05) is 23.7 Å². The molecule has 0 aliphatic heterocycles. The number of hydrogen-bond acceptors (Lipinski definition) is 5. The first-order valence-electron chi connectivity index (χ1n) is 8.50. The lowest BCUT2D eigenvalue weighted by Gasteiger charge is -2.16. The SMILES string of the molecule is COc1c(Nc2cc(Cl)ncc2C(N)=O)cccc1-c1cnn(C2CC2)c1. The second-order valence-electron chi connectivity index (χ2n) is 6.37. The molecule has 2 aromatic heterocycles. The van der Waals surface area contributed by atoms with Gasteiger partial charge < -0.3 is 15.8 Å². The fraction of sp³-hybridized carbons (Fsp3) is 0.211. The van der Waals surface area contributed by atoms with Crippen LogP contribution in [0.25, 0.3) is 11.1 Å². The number of methoxy groups -OCH3 is 1. The predicted octanol–water partition coefficient (Wildman–Crippen LogP) is 3.78. The smallest absolute Gasteiger partial charge is 0.252 e. The summed E-state index contributed by atoms with van der Waals surface area (Å²) >= 11 is 5.98. The van der Waals surface area contributed by atoms with Crippen molar-refractivity contribution in [3.63, 3.8) is 0 Å². The number of benzene rings is 1. The number of carbonyl (C=O) groups is 1. The molecule has 0 atom stereocenters. The number of halogens is 1. The van der Waals surface area contributed by atoms with Gasteiger partial charge in [-0.3, -0.25) is 9.48 Å². The van der Waals surface area contributed by atoms with Crippen molar-refractivity contribution >= 4 is 28.9 Å². The monoisotopic (exact) mass is 383 g/mol. The molecule has 7 nitrogen and oxygen atoms in total. The molecule has 0 unspecified atom stereocenters. The fourth-order valence-corrected chi connectivity index (χ4v) is 3.13. The van der Waals surface area contributed by atoms with E-state index in [4.69, 9.17) is 22.1 Å². The summed E-state index contributed by atoms with van der Waals surface area (Å²) in [5.41, 5.74) is 8.69. The van der Waals surface area contributed by atoms with E-state index in [0.717, 1.165) is 11.1 Å². The first-order valence-corrected chi connectivity index (χ1v) is 8.88. The van der Waals surface area contributed by atoms with Crippen LogP contribution in [0.4, 0.5) is 11.4 Å². The Balaban J connectivity index is 1.73. The topological polar surface area (TPSA) is 95.1 Å². The molecule has 8 heteroatoms. The molecule has 3 aromatic rings. The minimum absolute atomic E-state index is 0.244. The van der Waals surface area contributed by atoms with Crippen LogP contribution in [-0.2, 0) is 0 Å². The van der Waals surface area contributed by atoms with E-state index in [0.29, 0.717) is 23.2 Å². The van der Waals surface area contributed by atoms with Gasteiger partial charge in [0.05, 0.1) is 36.3 Å². The number of aromatic nitrogens is 3. The molecule has 0 radical (unpaired) electrons. The summed E-state index contributed by atoms with van der Waals surface area (Å²) < 4.78 is 7.64. The van der Waals surface area contributed by atoms with Gasteiger partial charge in [-0.15, -0.1) is 0 Å². The van der Waals surface area contributed by atoms with Crippen molar-refractivity contribution in [2.45, 2.75) is 18.9 Å². The minimum atomic E-state index is -0.595. The van der Waals surface area contributed by atoms with Gasteiger partial charge in [0.15, 0.2) is 0 Å². The number of nitrogens with one attached hydrogen (secondary N) is 1. The molecule has 1 aliphatic carbocycles. The van der Waals surface area contributed by atoms with Gasteiger partial charge in [-0.2, -0.15) is 5.10 Å². The maximum Gasteiger partial charge on any atom is 0.252 e. The van der Waals surface area contributed by atoms with E-state index in [1.165, 1.54) is 19.0 Å². The molecule has 138 valence electrons. The third-order valence-corrected chi connectivity index (χ3v) is 4.66. The number of hydrogen-bond donors (Lipinski definition) is 2. The molecular formula is C19H18ClN5O2. The van der Waals surface area contributed by atoms with Crippen LogP contribution < -0.4 is 15.8 Å². The van der Waals surface area contributed by atoms with E-state index in [2.05, 4.69) is 15.4 Å². The van der Waals surface area contributed by atoms with Crippen LogP contribution in [0.15, 0.2) is 42.9 Å². The molecule has 1 fully saturated rings. The quantitative estimate of drug-likeness (QED) is 0.631. The van der Waals surface area contributed by atoms with Gasteiger partial charge in [-0.05, 0) is 25.0 Å². The molecule has 1 aliphatic rings. The van der Waals surface area contributed by atoms with E-state index in [-0.39, 0.29) is 10.7 Å². The van der Waals surface area contributed by atoms with Crippen molar-refractivity contribution in [1.82, 2.24) is 14.8 Å². The highest BCUT2D eigenvalue weighted by Crippen LogP contribution is 2.40. The number of pyridine rings is 1. The van der Waals surface area contributed by atoms with E-state index >= 15 is 0 Å². The number of carbonyl (C=O) groups excluding carboxylic acids is 1. The highest BCUT2D eigenvalue weighted by molar-refractivity contribution is 6.29. The van der Waals surface area contributed by atoms with Gasteiger partial charge in [0.2, 0.25) is 0 Å². The Hall–Kier alpha value is -3.06. The summed E-state index contributed by atoms with van der Waals surface area (Å²) in [5.74, 6) is 0.0405. The van der Waals surface area contributed by atoms with Crippen molar-refractivity contribution in [2.75, 3.05) is 12.4 Å². The van der Waals surface area contributed by atoms with Gasteiger partial charge >= 0.3 is 0 Å². The minimum Gasteiger partial charge on any atom is -0.494 e. The zero-order valence-corrected chi connectivity index (χ0v) is 15.4. The van der Waals surface area contributed by atoms with Crippen molar-refractivity contribution in [1.29, 1.82) is 0 Å². The van der Waals surface area contributed by atoms with Crippen molar-refractivity contribution in [3.05, 3.63) is 53.6 Å². The Morgan fingerprint density at radius 1 is 1.33 bits per heavy atom. The maximum atomic E-state index is 11.7. The molecule has 1 amide bonds. The van der Waals surface area contributed by atoms with Crippen LogP contribution in [0.2, 0.25) is 5.15 Å². The lowest BCUT2D eigenvalue weighted by Crippen LogP contribution is -2.14. The summed E-state index contributed by atoms with van der Waals surface area (Å²) in [6.45, 7) is 0. The summed E-state index contributed by atoms with van der Waals surface area (Å²) in [6.07, 6.45) is 7.54. The summed E-state index contributed by atoms with van der Waals surface area (Å²) in [6, 6.07) is 7.78. The fourth-order valence-electron chi connectivity index (χ4n) is 2.97. The summed E-state index contributed by atoms with van der Waals surface area (Å²) in [4.78, 5) is 15.6. The highest BCUT2D eigenvalue weighted by atomic mass is 35.5. The van der Waals surface area contributed by atoms with Gasteiger partial charge in [0, 0.05) is 23.5 Å². The number of primary amides is 1. The van der Waals surface area contributed by atoms with E-state index in [9.17, 15) is 4.79 Å². The molecule has 0 spiro atoms. The standard InChI is InChI=1S/C19H18ClN5O2/c1-27-18-13(11-8-23-25(10-11)12-5-6-12)3-2-4-15(18)24-16-7-17(20)22-9-14(16)19(21)26/h2-4,7-10,12H,5-6H2,1H3,(H2,21,26)(H,22,24). The highest BCUT2D eigenvalue weighted by Gasteiger charge is 2.25. The molecule has 4 rings (SSSR count). The number of nitrogens with two attached hydrogens (primary N) is 1. The second kappa shape index (κ2) is 6.92. The van der Waals surface area contributed by atoms with E-state index < -0.39 is 5.91 Å². The van der Waals surface area contributed by atoms with E-state index in [1.807, 2.05) is 35.3 Å². The molecular weight excluding hydrogens is 366 g/mol. The van der Waals surface area contributed by atoms with Crippen LogP contribution in [0.5, 0.6) is 5.75 Å². The van der Waals surface area contributed by atoms with E-state index in [1.54, 1.807) is 13.2 Å². The molecule has 0 bridgehead atoms. The second-order valence-corrected chi connectivity index (χ2v) is 6.76. The zero-order chi connectivity index (χ0) is 19.0. The largest absolute Gasteiger partial charge is 0.494 e. The van der Waals surface area contributed by atoms with Crippen LogP contribution in [0.1, 0.15) is 29.2 Å². The number of para-hydroxylation sites is 1.